The minimum atomic E-state index is -0.0872. The van der Waals surface area contributed by atoms with Crippen LogP contribution in [0.15, 0.2) is 29.6 Å². The average Bonchev–Trinajstić information content (AvgIpc) is 3.12. The quantitative estimate of drug-likeness (QED) is 0.818. The summed E-state index contributed by atoms with van der Waals surface area (Å²) >= 11 is 1.28. The van der Waals surface area contributed by atoms with Gasteiger partial charge in [0.25, 0.3) is 11.1 Å². The van der Waals surface area contributed by atoms with Gasteiger partial charge in [-0.05, 0) is 56.1 Å². The number of nitrogens with zero attached hydrogens (tertiary/aromatic N) is 2. The van der Waals surface area contributed by atoms with Gasteiger partial charge in [0, 0.05) is 30.5 Å². The first-order chi connectivity index (χ1) is 12.6. The summed E-state index contributed by atoms with van der Waals surface area (Å²) in [5, 5.41) is 5.27. The summed E-state index contributed by atoms with van der Waals surface area (Å²) in [6, 6.07) is 7.26. The number of ketones is 1. The van der Waals surface area contributed by atoms with Gasteiger partial charge in [0.2, 0.25) is 0 Å². The van der Waals surface area contributed by atoms with Crippen molar-refractivity contribution >= 4 is 23.0 Å². The number of aromatic nitrogens is 1. The van der Waals surface area contributed by atoms with Crippen LogP contribution < -0.4 is 10.1 Å². The fourth-order valence-corrected chi connectivity index (χ4v) is 4.35. The molecule has 1 unspecified atom stereocenters. The maximum absolute atomic E-state index is 12.5. The minimum Gasteiger partial charge on any atom is -0.431 e. The third kappa shape index (κ3) is 3.64. The Bertz CT molecular complexity index is 810. The molecule has 6 nitrogen and oxygen atoms in total. The van der Waals surface area contributed by atoms with Gasteiger partial charge in [0.1, 0.15) is 11.4 Å². The van der Waals surface area contributed by atoms with Gasteiger partial charge >= 0.3 is 0 Å². The molecule has 136 valence electrons. The van der Waals surface area contributed by atoms with Gasteiger partial charge in [-0.15, -0.1) is 0 Å². The number of hydrogen-bond donors (Lipinski definition) is 1. The lowest BCUT2D eigenvalue weighted by molar-refractivity contribution is 0.0620. The molecule has 26 heavy (non-hydrogen) atoms. The van der Waals surface area contributed by atoms with Crippen LogP contribution in [0.1, 0.15) is 40.6 Å². The molecule has 1 aromatic carbocycles. The molecule has 0 saturated carbocycles. The van der Waals surface area contributed by atoms with Gasteiger partial charge in [-0.1, -0.05) is 11.3 Å². The Kier molecular flexibility index (Phi) is 4.74. The van der Waals surface area contributed by atoms with E-state index in [0.29, 0.717) is 28.1 Å². The largest absolute Gasteiger partial charge is 0.431 e. The second kappa shape index (κ2) is 7.17. The van der Waals surface area contributed by atoms with E-state index in [2.05, 4.69) is 15.2 Å². The van der Waals surface area contributed by atoms with Crippen LogP contribution in [0.4, 0.5) is 0 Å². The van der Waals surface area contributed by atoms with Crippen molar-refractivity contribution in [2.24, 2.45) is 5.92 Å². The van der Waals surface area contributed by atoms with Crippen LogP contribution in [0.5, 0.6) is 10.9 Å². The topological polar surface area (TPSA) is 71.5 Å². The van der Waals surface area contributed by atoms with Crippen molar-refractivity contribution in [2.75, 3.05) is 19.6 Å². The number of hydrogen-bond acceptors (Lipinski definition) is 6. The molecule has 1 aromatic heterocycles. The molecule has 2 bridgehead atoms. The Morgan fingerprint density at radius 1 is 1.23 bits per heavy atom. The zero-order chi connectivity index (χ0) is 18.1. The van der Waals surface area contributed by atoms with Gasteiger partial charge in [-0.25, -0.2) is 0 Å². The standard InChI is InChI=1S/C19H21N3O3S/c1-12(23)17-11-26-19(21-17)25-15-4-2-14(3-5-15)18(24)20-16-10-22-8-6-13(16)7-9-22/h2-5,11,13,16H,6-10H2,1H3,(H,20,24). The fraction of sp³-hybridized carbons (Fsp3) is 0.421. The number of carbonyl (C=O) groups is 2. The third-order valence-electron chi connectivity index (χ3n) is 5.14. The SMILES string of the molecule is CC(=O)c1csc(Oc2ccc(C(=O)NC3CN4CCC3CC4)cc2)n1. The summed E-state index contributed by atoms with van der Waals surface area (Å²) in [6.45, 7) is 4.75. The Morgan fingerprint density at radius 3 is 2.54 bits per heavy atom. The molecule has 0 radical (unpaired) electrons. The molecule has 4 heterocycles. The highest BCUT2D eigenvalue weighted by atomic mass is 32.1. The number of piperidine rings is 3. The molecular formula is C19H21N3O3S. The number of Topliss-reactive ketones (excluding diaryl/α,β-unsaturated/α-hetero) is 1. The summed E-state index contributed by atoms with van der Waals surface area (Å²) in [6.07, 6.45) is 2.35. The fourth-order valence-electron chi connectivity index (χ4n) is 3.62. The van der Waals surface area contributed by atoms with E-state index < -0.39 is 0 Å². The van der Waals surface area contributed by atoms with Crippen LogP contribution in [0.3, 0.4) is 0 Å². The Hall–Kier alpha value is -2.25. The molecule has 1 amide bonds. The predicted octanol–water partition coefficient (Wildman–Crippen LogP) is 2.96. The van der Waals surface area contributed by atoms with Crippen LogP contribution in [-0.2, 0) is 0 Å². The summed E-state index contributed by atoms with van der Waals surface area (Å²) in [5.74, 6) is 1.07. The molecule has 7 heteroatoms. The first-order valence-electron chi connectivity index (χ1n) is 8.86. The number of amides is 1. The number of thiazole rings is 1. The Balaban J connectivity index is 1.37. The highest BCUT2D eigenvalue weighted by Crippen LogP contribution is 2.28. The molecule has 0 spiro atoms. The van der Waals surface area contributed by atoms with E-state index >= 15 is 0 Å². The van der Waals surface area contributed by atoms with Gasteiger partial charge < -0.3 is 15.0 Å². The summed E-state index contributed by atoms with van der Waals surface area (Å²) in [7, 11) is 0. The van der Waals surface area contributed by atoms with E-state index in [-0.39, 0.29) is 17.7 Å². The lowest BCUT2D eigenvalue weighted by Crippen LogP contribution is -2.57. The van der Waals surface area contributed by atoms with Crippen LogP contribution >= 0.6 is 11.3 Å². The van der Waals surface area contributed by atoms with Crippen LogP contribution in [0.2, 0.25) is 0 Å². The number of nitrogens with one attached hydrogen (secondary N) is 1. The Morgan fingerprint density at radius 2 is 1.96 bits per heavy atom. The van der Waals surface area contributed by atoms with Crippen LogP contribution in [0.25, 0.3) is 0 Å². The van der Waals surface area contributed by atoms with Crippen molar-refractivity contribution in [2.45, 2.75) is 25.8 Å². The van der Waals surface area contributed by atoms with E-state index in [4.69, 9.17) is 4.74 Å². The molecule has 1 atom stereocenters. The summed E-state index contributed by atoms with van der Waals surface area (Å²) in [4.78, 5) is 30.3. The van der Waals surface area contributed by atoms with Crippen molar-refractivity contribution in [3.05, 3.63) is 40.9 Å². The maximum atomic E-state index is 12.5. The van der Waals surface area contributed by atoms with E-state index in [0.717, 1.165) is 19.6 Å². The molecule has 5 rings (SSSR count). The molecule has 3 saturated heterocycles. The van der Waals surface area contributed by atoms with Crippen LogP contribution in [0, 0.1) is 5.92 Å². The van der Waals surface area contributed by atoms with Crippen molar-refractivity contribution in [3.63, 3.8) is 0 Å². The van der Waals surface area contributed by atoms with E-state index in [1.54, 1.807) is 29.6 Å². The maximum Gasteiger partial charge on any atom is 0.279 e. The average molecular weight is 371 g/mol. The number of ether oxygens (including phenoxy) is 1. The number of fused-ring (bicyclic) bond motifs is 3. The van der Waals surface area contributed by atoms with Crippen molar-refractivity contribution < 1.29 is 14.3 Å². The van der Waals surface area contributed by atoms with Crippen molar-refractivity contribution in [3.8, 4) is 10.9 Å². The Labute approximate surface area is 156 Å². The van der Waals surface area contributed by atoms with Gasteiger partial charge in [0.15, 0.2) is 5.78 Å². The molecule has 0 aliphatic carbocycles. The summed E-state index contributed by atoms with van der Waals surface area (Å²) in [5.41, 5.74) is 1.02. The minimum absolute atomic E-state index is 0.0385. The monoisotopic (exact) mass is 371 g/mol. The van der Waals surface area contributed by atoms with E-state index in [1.165, 1.54) is 31.1 Å². The first kappa shape index (κ1) is 17.2. The molecule has 3 aliphatic heterocycles. The van der Waals surface area contributed by atoms with E-state index in [1.807, 2.05) is 0 Å². The lowest BCUT2D eigenvalue weighted by atomic mass is 9.84. The molecule has 1 N–H and O–H groups in total. The molecule has 3 aliphatic rings. The second-order valence-corrected chi connectivity index (χ2v) is 7.72. The zero-order valence-electron chi connectivity index (χ0n) is 14.6. The second-order valence-electron chi connectivity index (χ2n) is 6.90. The molecule has 3 fully saturated rings. The third-order valence-corrected chi connectivity index (χ3v) is 5.86. The summed E-state index contributed by atoms with van der Waals surface area (Å²) < 4.78 is 5.65. The smallest absolute Gasteiger partial charge is 0.279 e. The van der Waals surface area contributed by atoms with Crippen molar-refractivity contribution in [1.82, 2.24) is 15.2 Å². The van der Waals surface area contributed by atoms with Gasteiger partial charge in [0.05, 0.1) is 0 Å². The van der Waals surface area contributed by atoms with Gasteiger partial charge in [-0.2, -0.15) is 4.98 Å². The molecular weight excluding hydrogens is 350 g/mol. The highest BCUT2D eigenvalue weighted by molar-refractivity contribution is 7.11. The predicted molar refractivity (Wildman–Crippen MR) is 99.1 cm³/mol. The number of carbonyl (C=O) groups excluding carboxylic acids is 2. The normalized spacial score (nSPS) is 24.3. The first-order valence-corrected chi connectivity index (χ1v) is 9.74. The molecule has 2 aromatic rings. The zero-order valence-corrected chi connectivity index (χ0v) is 15.4. The van der Waals surface area contributed by atoms with Crippen molar-refractivity contribution in [1.29, 1.82) is 0 Å². The lowest BCUT2D eigenvalue weighted by Gasteiger charge is -2.44. The number of rotatable bonds is 5. The van der Waals surface area contributed by atoms with Gasteiger partial charge in [-0.3, -0.25) is 9.59 Å². The highest BCUT2D eigenvalue weighted by Gasteiger charge is 2.34. The van der Waals surface area contributed by atoms with Crippen LogP contribution in [-0.4, -0.2) is 47.3 Å². The van der Waals surface area contributed by atoms with E-state index in [9.17, 15) is 9.59 Å². The number of benzene rings is 1.